The number of hydrogen-bond acceptors (Lipinski definition) is 3. The summed E-state index contributed by atoms with van der Waals surface area (Å²) >= 11 is 12.0. The average Bonchev–Trinajstić information content (AvgIpc) is 3.04. The van der Waals surface area contributed by atoms with Gasteiger partial charge in [-0.2, -0.15) is 0 Å². The molecule has 0 amide bonds. The Morgan fingerprint density at radius 3 is 2.74 bits per heavy atom. The summed E-state index contributed by atoms with van der Waals surface area (Å²) in [6, 6.07) is 5.93. The minimum absolute atomic E-state index is 0.165. The third-order valence-electron chi connectivity index (χ3n) is 4.99. The number of benzene rings is 1. The van der Waals surface area contributed by atoms with Crippen LogP contribution < -0.4 is 5.32 Å². The first-order valence-corrected chi connectivity index (χ1v) is 9.30. The summed E-state index contributed by atoms with van der Waals surface area (Å²) in [6.45, 7) is 4.44. The molecular weight excluding hydrogens is 331 g/mol. The maximum absolute atomic E-state index is 12.6. The third-order valence-corrected chi connectivity index (χ3v) is 5.73. The molecule has 0 saturated carbocycles. The molecule has 2 heterocycles. The maximum Gasteiger partial charge on any atom is 0.140 e. The fourth-order valence-corrected chi connectivity index (χ4v) is 4.03. The molecule has 2 atom stereocenters. The highest BCUT2D eigenvalue weighted by atomic mass is 35.5. The van der Waals surface area contributed by atoms with Crippen molar-refractivity contribution >= 4 is 29.0 Å². The first kappa shape index (κ1) is 17.2. The summed E-state index contributed by atoms with van der Waals surface area (Å²) < 4.78 is 0. The highest BCUT2D eigenvalue weighted by Crippen LogP contribution is 2.25. The molecular formula is C18H24Cl2N2O. The first-order chi connectivity index (χ1) is 11.1. The normalized spacial score (nSPS) is 25.7. The maximum atomic E-state index is 12.6. The van der Waals surface area contributed by atoms with E-state index in [0.717, 1.165) is 31.5 Å². The van der Waals surface area contributed by atoms with Gasteiger partial charge < -0.3 is 10.2 Å². The summed E-state index contributed by atoms with van der Waals surface area (Å²) in [5.41, 5.74) is 0.957. The second-order valence-electron chi connectivity index (χ2n) is 6.77. The molecule has 3 rings (SSSR count). The summed E-state index contributed by atoms with van der Waals surface area (Å²) in [5.74, 6) is 0.495. The molecule has 0 bridgehead atoms. The Kier molecular flexibility index (Phi) is 5.97. The number of carbonyl (C=O) groups excluding carboxylic acids is 1. The van der Waals surface area contributed by atoms with Crippen LogP contribution in [-0.2, 0) is 11.2 Å². The molecule has 1 aromatic carbocycles. The standard InChI is InChI=1S/C18H24Cl2N2O/c19-16-4-3-13(9-17(16)20)10-18(23)14-5-6-21-15(11-14)12-22-7-1-2-8-22/h3-4,9,14-15,21H,1-2,5-8,10-12H2/t14?,15-/m0/s1. The van der Waals surface area contributed by atoms with Crippen molar-refractivity contribution in [3.63, 3.8) is 0 Å². The number of halogens is 2. The minimum Gasteiger partial charge on any atom is -0.313 e. The molecule has 2 aliphatic rings. The smallest absolute Gasteiger partial charge is 0.140 e. The van der Waals surface area contributed by atoms with Crippen LogP contribution in [-0.4, -0.2) is 42.9 Å². The molecule has 0 radical (unpaired) electrons. The molecule has 5 heteroatoms. The fourth-order valence-electron chi connectivity index (χ4n) is 3.71. The van der Waals surface area contributed by atoms with Crippen molar-refractivity contribution in [2.45, 2.75) is 38.1 Å². The third kappa shape index (κ3) is 4.69. The Morgan fingerprint density at radius 1 is 1.22 bits per heavy atom. The Balaban J connectivity index is 1.54. The van der Waals surface area contributed by atoms with Gasteiger partial charge in [-0.15, -0.1) is 0 Å². The van der Waals surface area contributed by atoms with Crippen molar-refractivity contribution in [2.75, 3.05) is 26.2 Å². The van der Waals surface area contributed by atoms with Gasteiger partial charge in [-0.1, -0.05) is 29.3 Å². The predicted molar refractivity (Wildman–Crippen MR) is 95.4 cm³/mol. The van der Waals surface area contributed by atoms with E-state index in [2.05, 4.69) is 10.2 Å². The number of nitrogens with zero attached hydrogens (tertiary/aromatic N) is 1. The van der Waals surface area contributed by atoms with E-state index >= 15 is 0 Å². The van der Waals surface area contributed by atoms with Gasteiger partial charge in [0.05, 0.1) is 10.0 Å². The van der Waals surface area contributed by atoms with Crippen LogP contribution in [0.1, 0.15) is 31.2 Å². The van der Waals surface area contributed by atoms with Gasteiger partial charge in [-0.25, -0.2) is 0 Å². The summed E-state index contributed by atoms with van der Waals surface area (Å²) in [7, 11) is 0. The SMILES string of the molecule is O=C(Cc1ccc(Cl)c(Cl)c1)C1CCN[C@H](CN2CCCC2)C1. The average molecular weight is 355 g/mol. The first-order valence-electron chi connectivity index (χ1n) is 8.54. The van der Waals surface area contributed by atoms with E-state index in [1.165, 1.54) is 25.9 Å². The number of Topliss-reactive ketones (excluding diaryl/α,β-unsaturated/α-hetero) is 1. The molecule has 1 unspecified atom stereocenters. The number of ketones is 1. The zero-order valence-electron chi connectivity index (χ0n) is 13.4. The van der Waals surface area contributed by atoms with Gasteiger partial charge in [-0.3, -0.25) is 4.79 Å². The van der Waals surface area contributed by atoms with Gasteiger partial charge >= 0.3 is 0 Å². The lowest BCUT2D eigenvalue weighted by molar-refractivity contribution is -0.123. The second kappa shape index (κ2) is 7.98. The zero-order chi connectivity index (χ0) is 16.2. The summed E-state index contributed by atoms with van der Waals surface area (Å²) in [5, 5.41) is 4.64. The second-order valence-corrected chi connectivity index (χ2v) is 7.59. The molecule has 126 valence electrons. The van der Waals surface area contributed by atoms with Crippen molar-refractivity contribution in [3.8, 4) is 0 Å². The summed E-state index contributed by atoms with van der Waals surface area (Å²) in [6.07, 6.45) is 4.98. The van der Waals surface area contributed by atoms with E-state index in [1.807, 2.05) is 12.1 Å². The van der Waals surface area contributed by atoms with Crippen LogP contribution in [0.15, 0.2) is 18.2 Å². The van der Waals surface area contributed by atoms with Gasteiger partial charge in [0.25, 0.3) is 0 Å². The van der Waals surface area contributed by atoms with Gasteiger partial charge in [0.15, 0.2) is 0 Å². The lowest BCUT2D eigenvalue weighted by atomic mass is 9.86. The Labute approximate surface area is 148 Å². The molecule has 0 aromatic heterocycles. The van der Waals surface area contributed by atoms with Crippen LogP contribution >= 0.6 is 23.2 Å². The van der Waals surface area contributed by atoms with E-state index in [0.29, 0.717) is 28.3 Å². The van der Waals surface area contributed by atoms with Gasteiger partial charge in [0, 0.05) is 24.9 Å². The van der Waals surface area contributed by atoms with Crippen LogP contribution in [0.25, 0.3) is 0 Å². The molecule has 2 fully saturated rings. The van der Waals surface area contributed by atoms with Crippen LogP contribution in [0, 0.1) is 5.92 Å². The van der Waals surface area contributed by atoms with Crippen molar-refractivity contribution < 1.29 is 4.79 Å². The fraction of sp³-hybridized carbons (Fsp3) is 0.611. The lowest BCUT2D eigenvalue weighted by Crippen LogP contribution is -2.46. The van der Waals surface area contributed by atoms with E-state index in [4.69, 9.17) is 23.2 Å². The quantitative estimate of drug-likeness (QED) is 0.877. The molecule has 1 N–H and O–H groups in total. The lowest BCUT2D eigenvalue weighted by Gasteiger charge is -2.32. The van der Waals surface area contributed by atoms with Crippen molar-refractivity contribution in [2.24, 2.45) is 5.92 Å². The number of carbonyl (C=O) groups is 1. The molecule has 2 aliphatic heterocycles. The minimum atomic E-state index is 0.165. The van der Waals surface area contributed by atoms with Crippen LogP contribution in [0.5, 0.6) is 0 Å². The molecule has 2 saturated heterocycles. The van der Waals surface area contributed by atoms with Gasteiger partial charge in [-0.05, 0) is 63.0 Å². The highest BCUT2D eigenvalue weighted by molar-refractivity contribution is 6.42. The molecule has 0 spiro atoms. The highest BCUT2D eigenvalue weighted by Gasteiger charge is 2.28. The molecule has 23 heavy (non-hydrogen) atoms. The molecule has 1 aromatic rings. The largest absolute Gasteiger partial charge is 0.313 e. The van der Waals surface area contributed by atoms with E-state index in [9.17, 15) is 4.79 Å². The van der Waals surface area contributed by atoms with Crippen LogP contribution in [0.4, 0.5) is 0 Å². The molecule has 0 aliphatic carbocycles. The van der Waals surface area contributed by atoms with Crippen molar-refractivity contribution in [1.82, 2.24) is 10.2 Å². The van der Waals surface area contributed by atoms with Crippen molar-refractivity contribution in [3.05, 3.63) is 33.8 Å². The van der Waals surface area contributed by atoms with E-state index in [-0.39, 0.29) is 5.92 Å². The van der Waals surface area contributed by atoms with E-state index < -0.39 is 0 Å². The number of nitrogens with one attached hydrogen (secondary N) is 1. The number of hydrogen-bond donors (Lipinski definition) is 1. The topological polar surface area (TPSA) is 32.3 Å². The number of piperidine rings is 1. The zero-order valence-corrected chi connectivity index (χ0v) is 14.9. The number of rotatable bonds is 5. The monoisotopic (exact) mass is 354 g/mol. The summed E-state index contributed by atoms with van der Waals surface area (Å²) in [4.78, 5) is 15.1. The Hall–Kier alpha value is -0.610. The van der Waals surface area contributed by atoms with Crippen molar-refractivity contribution in [1.29, 1.82) is 0 Å². The predicted octanol–water partition coefficient (Wildman–Crippen LogP) is 3.57. The van der Waals surface area contributed by atoms with Crippen LogP contribution in [0.2, 0.25) is 10.0 Å². The number of likely N-dealkylation sites (tertiary alicyclic amines) is 1. The Bertz CT molecular complexity index is 558. The Morgan fingerprint density at radius 2 is 2.00 bits per heavy atom. The van der Waals surface area contributed by atoms with Gasteiger partial charge in [0.1, 0.15) is 5.78 Å². The van der Waals surface area contributed by atoms with Gasteiger partial charge in [0.2, 0.25) is 0 Å². The van der Waals surface area contributed by atoms with Crippen LogP contribution in [0.3, 0.4) is 0 Å². The molecule has 3 nitrogen and oxygen atoms in total. The van der Waals surface area contributed by atoms with E-state index in [1.54, 1.807) is 6.07 Å².